The van der Waals surface area contributed by atoms with E-state index < -0.39 is 65.8 Å². The minimum atomic E-state index is -2.94. The Hall–Kier alpha value is -4.99. The third-order valence-electron chi connectivity index (χ3n) is 8.38. The van der Waals surface area contributed by atoms with E-state index in [2.05, 4.69) is 25.3 Å². The lowest BCUT2D eigenvalue weighted by Gasteiger charge is -2.28. The summed E-state index contributed by atoms with van der Waals surface area (Å²) in [6.07, 6.45) is 2.15. The molecule has 4 N–H and O–H groups in total. The van der Waals surface area contributed by atoms with E-state index in [4.69, 9.17) is 4.74 Å². The molecule has 1 aromatic heterocycles. The van der Waals surface area contributed by atoms with Crippen molar-refractivity contribution < 1.29 is 36.9 Å². The second-order valence-corrected chi connectivity index (χ2v) is 13.6. The maximum Gasteiger partial charge on any atom is 0.407 e. The van der Waals surface area contributed by atoms with Gasteiger partial charge in [0, 0.05) is 18.0 Å². The first-order valence-electron chi connectivity index (χ1n) is 16.3. The van der Waals surface area contributed by atoms with Crippen molar-refractivity contribution in [3.05, 3.63) is 70.5 Å². The Morgan fingerprint density at radius 2 is 1.90 bits per heavy atom. The van der Waals surface area contributed by atoms with Gasteiger partial charge in [-0.3, -0.25) is 23.9 Å². The number of carbonyl (C=O) groups is 4. The summed E-state index contributed by atoms with van der Waals surface area (Å²) in [6.45, 7) is 0.834. The van der Waals surface area contributed by atoms with E-state index in [0.717, 1.165) is 12.5 Å². The summed E-state index contributed by atoms with van der Waals surface area (Å²) in [6, 6.07) is 11.8. The van der Waals surface area contributed by atoms with Crippen LogP contribution < -0.4 is 20.9 Å². The summed E-state index contributed by atoms with van der Waals surface area (Å²) < 4.78 is 46.6. The molecule has 13 nitrogen and oxygen atoms in total. The van der Waals surface area contributed by atoms with Crippen LogP contribution in [0.1, 0.15) is 44.6 Å². The number of halogens is 2. The molecule has 1 saturated carbocycles. The number of aromatic nitrogens is 2. The molecule has 4 atom stereocenters. The third kappa shape index (κ3) is 9.37. The van der Waals surface area contributed by atoms with Crippen molar-refractivity contribution in [2.24, 2.45) is 5.92 Å². The summed E-state index contributed by atoms with van der Waals surface area (Å²) in [4.78, 5) is 72.1. The van der Waals surface area contributed by atoms with E-state index in [-0.39, 0.29) is 30.4 Å². The molecule has 2 aromatic carbocycles. The number of para-hydroxylation sites is 2. The van der Waals surface area contributed by atoms with Crippen molar-refractivity contribution in [1.82, 2.24) is 30.2 Å². The van der Waals surface area contributed by atoms with Crippen molar-refractivity contribution in [3.63, 3.8) is 0 Å². The molecule has 0 spiro atoms. The number of aromatic amines is 1. The van der Waals surface area contributed by atoms with Crippen molar-refractivity contribution in [2.75, 3.05) is 19.7 Å². The number of rotatable bonds is 14. The largest absolute Gasteiger partial charge is 0.449 e. The quantitative estimate of drug-likeness (QED) is 0.184. The van der Waals surface area contributed by atoms with Gasteiger partial charge in [-0.1, -0.05) is 49.4 Å². The molecule has 0 radical (unpaired) electrons. The molecule has 50 heavy (non-hydrogen) atoms. The first-order chi connectivity index (χ1) is 24.0. The zero-order valence-electron chi connectivity index (χ0n) is 27.2. The van der Waals surface area contributed by atoms with Gasteiger partial charge in [-0.15, -0.1) is 0 Å². The fourth-order valence-corrected chi connectivity index (χ4v) is 6.51. The van der Waals surface area contributed by atoms with E-state index in [1.54, 1.807) is 24.3 Å². The molecule has 4 unspecified atom stereocenters. The molecule has 1 saturated heterocycles. The fraction of sp³-hybridized carbons (Fsp3) is 0.412. The SMILES string of the molecule is CC(C(F)F)C(NC(=O)C1CCCN1C(=O)CNC(=O)OCC/C=C/c1cccc(-c2nc3ccccc3[nH]c2=O)c1)C(=O)NS(=O)C1CC1. The van der Waals surface area contributed by atoms with Crippen molar-refractivity contribution in [1.29, 1.82) is 0 Å². The van der Waals surface area contributed by atoms with Crippen molar-refractivity contribution >= 4 is 51.9 Å². The molecule has 16 heteroatoms. The molecule has 2 heterocycles. The number of ether oxygens (including phenoxy) is 1. The summed E-state index contributed by atoms with van der Waals surface area (Å²) in [7, 11) is -1.73. The number of hydrogen-bond acceptors (Lipinski definition) is 8. The molecule has 5 rings (SSSR count). The van der Waals surface area contributed by atoms with E-state index >= 15 is 0 Å². The topological polar surface area (TPSA) is 180 Å². The number of H-pyrrole nitrogens is 1. The highest BCUT2D eigenvalue weighted by atomic mass is 32.2. The number of benzene rings is 2. The van der Waals surface area contributed by atoms with Crippen LogP contribution in [0.3, 0.4) is 0 Å². The van der Waals surface area contributed by atoms with Gasteiger partial charge < -0.3 is 25.3 Å². The lowest BCUT2D eigenvalue weighted by molar-refractivity contribution is -0.139. The Balaban J connectivity index is 1.07. The van der Waals surface area contributed by atoms with Gasteiger partial charge in [0.25, 0.3) is 11.5 Å². The van der Waals surface area contributed by atoms with Crippen LogP contribution in [0, 0.1) is 5.92 Å². The Kier molecular flexibility index (Phi) is 12.1. The summed E-state index contributed by atoms with van der Waals surface area (Å²) in [5.74, 6) is -3.93. The average molecular weight is 713 g/mol. The molecule has 1 aliphatic carbocycles. The second kappa shape index (κ2) is 16.6. The highest BCUT2D eigenvalue weighted by Crippen LogP contribution is 2.25. The number of alkyl carbamates (subject to hydrolysis) is 1. The minimum absolute atomic E-state index is 0.00810. The van der Waals surface area contributed by atoms with Crippen LogP contribution in [0.5, 0.6) is 0 Å². The molecule has 0 bridgehead atoms. The number of hydrogen-bond donors (Lipinski definition) is 4. The van der Waals surface area contributed by atoms with Crippen LogP contribution in [0.15, 0.2) is 59.4 Å². The molecular weight excluding hydrogens is 674 g/mol. The van der Waals surface area contributed by atoms with Gasteiger partial charge in [0.05, 0.1) is 22.9 Å². The summed E-state index contributed by atoms with van der Waals surface area (Å²) in [5, 5.41) is 4.46. The Morgan fingerprint density at radius 1 is 1.12 bits per heavy atom. The van der Waals surface area contributed by atoms with Crippen molar-refractivity contribution in [3.8, 4) is 11.3 Å². The van der Waals surface area contributed by atoms with Crippen LogP contribution in [-0.2, 0) is 30.1 Å². The normalized spacial score (nSPS) is 17.8. The van der Waals surface area contributed by atoms with Gasteiger partial charge in [0.2, 0.25) is 18.2 Å². The molecule has 2 aliphatic rings. The molecule has 3 aromatic rings. The lowest BCUT2D eigenvalue weighted by atomic mass is 10.0. The highest BCUT2D eigenvalue weighted by molar-refractivity contribution is 7.84. The van der Waals surface area contributed by atoms with E-state index in [0.29, 0.717) is 48.0 Å². The molecule has 2 fully saturated rings. The predicted molar refractivity (Wildman–Crippen MR) is 182 cm³/mol. The number of nitrogens with one attached hydrogen (secondary N) is 4. The Labute approximate surface area is 288 Å². The Morgan fingerprint density at radius 3 is 2.66 bits per heavy atom. The number of alkyl halides is 2. The maximum atomic E-state index is 13.5. The monoisotopic (exact) mass is 712 g/mol. The lowest BCUT2D eigenvalue weighted by Crippen LogP contribution is -2.57. The first-order valence-corrected chi connectivity index (χ1v) is 17.5. The van der Waals surface area contributed by atoms with Crippen LogP contribution in [0.2, 0.25) is 0 Å². The summed E-state index contributed by atoms with van der Waals surface area (Å²) >= 11 is 0. The van der Waals surface area contributed by atoms with Gasteiger partial charge in [-0.05, 0) is 55.9 Å². The second-order valence-electron chi connectivity index (χ2n) is 12.1. The zero-order valence-corrected chi connectivity index (χ0v) is 28.0. The predicted octanol–water partition coefficient (Wildman–Crippen LogP) is 3.04. The standard InChI is InChI=1S/C34H38F2N6O7S/c1-20(30(35)36)28(33(46)41-50(48)23-14-15-23)40-31(44)26-13-7-16-42(26)27(43)19-37-34(47)49-17-5-4-8-21-9-6-10-22(18-21)29-32(45)39-25-12-3-2-11-24(25)38-29/h2-4,6,8-12,18,20,23,26,28,30H,5,7,13-17,19H2,1H3,(H,37,47)(H,39,45)(H,40,44)(H,41,46)/b8-4+. The van der Waals surface area contributed by atoms with Crippen molar-refractivity contribution in [2.45, 2.75) is 62.8 Å². The number of fused-ring (bicyclic) bond motifs is 1. The van der Waals surface area contributed by atoms with Crippen LogP contribution in [-0.4, -0.2) is 86.3 Å². The van der Waals surface area contributed by atoms with E-state index in [1.165, 1.54) is 4.90 Å². The van der Waals surface area contributed by atoms with Gasteiger partial charge in [-0.2, -0.15) is 0 Å². The minimum Gasteiger partial charge on any atom is -0.449 e. The molecule has 266 valence electrons. The van der Waals surface area contributed by atoms with E-state index in [1.807, 2.05) is 36.4 Å². The van der Waals surface area contributed by atoms with Crippen LogP contribution in [0.25, 0.3) is 28.4 Å². The van der Waals surface area contributed by atoms with Gasteiger partial charge in [0.15, 0.2) is 0 Å². The van der Waals surface area contributed by atoms with Gasteiger partial charge >= 0.3 is 6.09 Å². The van der Waals surface area contributed by atoms with E-state index in [9.17, 15) is 37.0 Å². The van der Waals surface area contributed by atoms with Crippen LogP contribution in [0.4, 0.5) is 13.6 Å². The highest BCUT2D eigenvalue weighted by Gasteiger charge is 2.40. The number of likely N-dealkylation sites (tertiary alicyclic amines) is 1. The van der Waals surface area contributed by atoms with Gasteiger partial charge in [0.1, 0.15) is 35.3 Å². The third-order valence-corrected chi connectivity index (χ3v) is 9.86. The van der Waals surface area contributed by atoms with Crippen LogP contribution >= 0.6 is 0 Å². The molecule has 4 amide bonds. The first kappa shape index (κ1) is 36.3. The Bertz CT molecular complexity index is 1850. The number of amides is 4. The smallest absolute Gasteiger partial charge is 0.407 e. The summed E-state index contributed by atoms with van der Waals surface area (Å²) in [5.41, 5.74) is 2.76. The maximum absolute atomic E-state index is 13.5. The average Bonchev–Trinajstić information content (AvgIpc) is 3.84. The fourth-order valence-electron chi connectivity index (χ4n) is 5.45. The zero-order chi connectivity index (χ0) is 35.8. The number of nitrogens with zero attached hydrogens (tertiary/aromatic N) is 2. The van der Waals surface area contributed by atoms with Gasteiger partial charge in [-0.25, -0.2) is 22.8 Å². The molecule has 1 aliphatic heterocycles. The number of carbonyl (C=O) groups excluding carboxylic acids is 4. The molecular formula is C34H38F2N6O7S.